The molecular weight excluding hydrogens is 381 g/mol. The van der Waals surface area contributed by atoms with Crippen molar-refractivity contribution in [2.75, 3.05) is 27.7 Å². The zero-order valence-corrected chi connectivity index (χ0v) is 15.9. The predicted octanol–water partition coefficient (Wildman–Crippen LogP) is 4.24. The van der Waals surface area contributed by atoms with Gasteiger partial charge < -0.3 is 15.4 Å². The second-order valence-electron chi connectivity index (χ2n) is 6.28. The smallest absolute Gasteiger partial charge is 0.416 e. The van der Waals surface area contributed by atoms with Crippen LogP contribution in [0, 0.1) is 0 Å². The van der Waals surface area contributed by atoms with Crippen molar-refractivity contribution in [3.8, 4) is 16.9 Å². The number of ether oxygens (including phenoxy) is 1. The molecular formula is C19H20ClF3N2O2. The Balaban J connectivity index is 2.67. The second-order valence-corrected chi connectivity index (χ2v) is 6.69. The molecule has 0 unspecified atom stereocenters. The number of carbonyl (C=O) groups is 1. The Hall–Kier alpha value is -2.25. The van der Waals surface area contributed by atoms with Gasteiger partial charge in [-0.3, -0.25) is 4.79 Å². The van der Waals surface area contributed by atoms with Crippen LogP contribution in [0.25, 0.3) is 11.1 Å². The molecule has 0 heterocycles. The summed E-state index contributed by atoms with van der Waals surface area (Å²) in [6, 6.07) is 6.31. The Labute approximate surface area is 160 Å². The highest BCUT2D eigenvalue weighted by atomic mass is 35.5. The summed E-state index contributed by atoms with van der Waals surface area (Å²) in [7, 11) is 5.18. The molecule has 2 N–H and O–H groups in total. The Bertz CT molecular complexity index is 852. The van der Waals surface area contributed by atoms with Gasteiger partial charge in [0, 0.05) is 22.7 Å². The van der Waals surface area contributed by atoms with Crippen molar-refractivity contribution in [3.05, 3.63) is 52.0 Å². The molecule has 0 aliphatic carbocycles. The van der Waals surface area contributed by atoms with Crippen molar-refractivity contribution in [2.45, 2.75) is 12.6 Å². The lowest BCUT2D eigenvalue weighted by Crippen LogP contribution is -2.18. The first-order valence-corrected chi connectivity index (χ1v) is 8.45. The average Bonchev–Trinajstić information content (AvgIpc) is 2.58. The first kappa shape index (κ1) is 21.1. The van der Waals surface area contributed by atoms with E-state index in [1.54, 1.807) is 6.07 Å². The Kier molecular flexibility index (Phi) is 6.38. The molecule has 0 fully saturated rings. The second kappa shape index (κ2) is 8.19. The number of likely N-dealkylation sites (N-methyl/N-ethyl adjacent to an activating group) is 1. The molecule has 0 bridgehead atoms. The van der Waals surface area contributed by atoms with Crippen molar-refractivity contribution < 1.29 is 22.7 Å². The molecule has 0 saturated carbocycles. The maximum Gasteiger partial charge on any atom is 0.416 e. The van der Waals surface area contributed by atoms with Crippen LogP contribution >= 0.6 is 11.6 Å². The molecule has 0 atom stereocenters. The van der Waals surface area contributed by atoms with Gasteiger partial charge in [0.1, 0.15) is 5.75 Å². The van der Waals surface area contributed by atoms with E-state index in [9.17, 15) is 18.0 Å². The number of alkyl halides is 3. The molecule has 2 aromatic rings. The van der Waals surface area contributed by atoms with Gasteiger partial charge in [0.15, 0.2) is 0 Å². The number of hydrogen-bond donors (Lipinski definition) is 1. The van der Waals surface area contributed by atoms with Crippen LogP contribution in [0.5, 0.6) is 5.75 Å². The number of rotatable bonds is 6. The third-order valence-electron chi connectivity index (χ3n) is 4.13. The van der Waals surface area contributed by atoms with Crippen molar-refractivity contribution >= 4 is 17.5 Å². The van der Waals surface area contributed by atoms with E-state index >= 15 is 0 Å². The van der Waals surface area contributed by atoms with Crippen LogP contribution in [0.3, 0.4) is 0 Å². The summed E-state index contributed by atoms with van der Waals surface area (Å²) in [5.41, 5.74) is 6.48. The molecule has 4 nitrogen and oxygen atoms in total. The highest BCUT2D eigenvalue weighted by molar-refractivity contribution is 6.33. The lowest BCUT2D eigenvalue weighted by molar-refractivity contribution is -0.137. The minimum Gasteiger partial charge on any atom is -0.496 e. The molecule has 0 radical (unpaired) electrons. The predicted molar refractivity (Wildman–Crippen MR) is 99.2 cm³/mol. The third-order valence-corrected chi connectivity index (χ3v) is 4.44. The van der Waals surface area contributed by atoms with E-state index in [0.717, 1.165) is 12.1 Å². The molecule has 0 spiro atoms. The summed E-state index contributed by atoms with van der Waals surface area (Å²) in [6.45, 7) is 0.629. The van der Waals surface area contributed by atoms with Crippen molar-refractivity contribution in [1.29, 1.82) is 0 Å². The molecule has 8 heteroatoms. The average molecular weight is 401 g/mol. The fourth-order valence-corrected chi connectivity index (χ4v) is 3.08. The van der Waals surface area contributed by atoms with E-state index < -0.39 is 17.6 Å². The van der Waals surface area contributed by atoms with Crippen LogP contribution in [-0.4, -0.2) is 38.6 Å². The number of amides is 1. The molecule has 2 aromatic carbocycles. The third kappa shape index (κ3) is 4.73. The van der Waals surface area contributed by atoms with Gasteiger partial charge in [0.25, 0.3) is 5.91 Å². The maximum atomic E-state index is 12.9. The molecule has 0 saturated heterocycles. The molecule has 0 aliphatic heterocycles. The number of nitrogens with two attached hydrogens (primary N) is 1. The van der Waals surface area contributed by atoms with Gasteiger partial charge in [0.2, 0.25) is 0 Å². The van der Waals surface area contributed by atoms with Gasteiger partial charge in [0.05, 0.1) is 18.2 Å². The van der Waals surface area contributed by atoms with E-state index in [0.29, 0.717) is 35.4 Å². The number of benzene rings is 2. The quantitative estimate of drug-likeness (QED) is 0.789. The van der Waals surface area contributed by atoms with Gasteiger partial charge in [-0.15, -0.1) is 0 Å². The van der Waals surface area contributed by atoms with Crippen LogP contribution in [0.2, 0.25) is 5.02 Å². The molecule has 0 aliphatic rings. The molecule has 1 amide bonds. The fraction of sp³-hybridized carbons (Fsp3) is 0.316. The van der Waals surface area contributed by atoms with Crippen LogP contribution < -0.4 is 10.5 Å². The van der Waals surface area contributed by atoms with Crippen molar-refractivity contribution in [2.24, 2.45) is 5.73 Å². The van der Waals surface area contributed by atoms with Crippen molar-refractivity contribution in [1.82, 2.24) is 4.90 Å². The standard InChI is InChI=1S/C19H20ClF3N2O2/c1-25(2)9-8-14-12(6-7-15(18(24)26)17(14)27-3)13-5-4-11(10-16(13)20)19(21,22)23/h4-7,10H,8-9H2,1-3H3,(H2,24,26). The first-order valence-electron chi connectivity index (χ1n) is 8.07. The van der Waals surface area contributed by atoms with Gasteiger partial charge in [-0.05, 0) is 44.3 Å². The van der Waals surface area contributed by atoms with Crippen LogP contribution in [0.15, 0.2) is 30.3 Å². The zero-order chi connectivity index (χ0) is 20.4. The van der Waals surface area contributed by atoms with E-state index in [4.69, 9.17) is 22.1 Å². The normalized spacial score (nSPS) is 11.7. The minimum atomic E-state index is -4.48. The molecule has 27 heavy (non-hydrogen) atoms. The summed E-state index contributed by atoms with van der Waals surface area (Å²) in [6.07, 6.45) is -3.99. The number of nitrogens with zero attached hydrogens (tertiary/aromatic N) is 1. The zero-order valence-electron chi connectivity index (χ0n) is 15.2. The summed E-state index contributed by atoms with van der Waals surface area (Å²) < 4.78 is 44.2. The number of methoxy groups -OCH3 is 1. The highest BCUT2D eigenvalue weighted by Crippen LogP contribution is 2.40. The van der Waals surface area contributed by atoms with Gasteiger partial charge >= 0.3 is 6.18 Å². The summed E-state index contributed by atoms with van der Waals surface area (Å²) in [5.74, 6) is -0.346. The number of hydrogen-bond acceptors (Lipinski definition) is 3. The Morgan fingerprint density at radius 2 is 1.81 bits per heavy atom. The topological polar surface area (TPSA) is 55.6 Å². The maximum absolute atomic E-state index is 12.9. The number of primary amides is 1. The minimum absolute atomic E-state index is 0.0372. The summed E-state index contributed by atoms with van der Waals surface area (Å²) >= 11 is 6.16. The first-order chi connectivity index (χ1) is 12.6. The number of carbonyl (C=O) groups excluding carboxylic acids is 1. The van der Waals surface area contributed by atoms with E-state index in [2.05, 4.69) is 0 Å². The largest absolute Gasteiger partial charge is 0.496 e. The van der Waals surface area contributed by atoms with Crippen LogP contribution in [-0.2, 0) is 12.6 Å². The van der Waals surface area contributed by atoms with Gasteiger partial charge in [-0.2, -0.15) is 13.2 Å². The lowest BCUT2D eigenvalue weighted by atomic mass is 9.93. The fourth-order valence-electron chi connectivity index (χ4n) is 2.80. The van der Waals surface area contributed by atoms with E-state index in [1.807, 2.05) is 19.0 Å². The Morgan fingerprint density at radius 3 is 2.30 bits per heavy atom. The van der Waals surface area contributed by atoms with Gasteiger partial charge in [-0.25, -0.2) is 0 Å². The monoisotopic (exact) mass is 400 g/mol. The SMILES string of the molecule is COc1c(C(N)=O)ccc(-c2ccc(C(F)(F)F)cc2Cl)c1CCN(C)C. The molecule has 2 rings (SSSR count). The number of halogens is 4. The molecule has 0 aromatic heterocycles. The highest BCUT2D eigenvalue weighted by Gasteiger charge is 2.31. The summed E-state index contributed by atoms with van der Waals surface area (Å²) in [5, 5.41) is -0.0372. The molecule has 146 valence electrons. The van der Waals surface area contributed by atoms with Crippen LogP contribution in [0.1, 0.15) is 21.5 Å². The van der Waals surface area contributed by atoms with Gasteiger partial charge in [-0.1, -0.05) is 23.7 Å². The van der Waals surface area contributed by atoms with E-state index in [1.165, 1.54) is 19.2 Å². The lowest BCUT2D eigenvalue weighted by Gasteiger charge is -2.19. The van der Waals surface area contributed by atoms with Crippen LogP contribution in [0.4, 0.5) is 13.2 Å². The van der Waals surface area contributed by atoms with E-state index in [-0.39, 0.29) is 10.6 Å². The van der Waals surface area contributed by atoms with Crippen molar-refractivity contribution in [3.63, 3.8) is 0 Å². The Morgan fingerprint density at radius 1 is 1.19 bits per heavy atom. The summed E-state index contributed by atoms with van der Waals surface area (Å²) in [4.78, 5) is 13.7.